The number of hydrogen-bond donors (Lipinski definition) is 1. The van der Waals surface area contributed by atoms with E-state index in [0.29, 0.717) is 11.5 Å². The number of hydrogen-bond acceptors (Lipinski definition) is 5. The molecule has 124 valence electrons. The van der Waals surface area contributed by atoms with Crippen LogP contribution in [0.15, 0.2) is 10.6 Å². The van der Waals surface area contributed by atoms with Gasteiger partial charge in [-0.1, -0.05) is 5.16 Å². The van der Waals surface area contributed by atoms with E-state index in [0.717, 1.165) is 4.57 Å². The molecule has 1 aliphatic heterocycles. The second-order valence-corrected chi connectivity index (χ2v) is 5.10. The monoisotopic (exact) mass is 330 g/mol. The fourth-order valence-electron chi connectivity index (χ4n) is 2.31. The zero-order chi connectivity index (χ0) is 16.6. The summed E-state index contributed by atoms with van der Waals surface area (Å²) in [6, 6.07) is 1.27. The highest BCUT2D eigenvalue weighted by Crippen LogP contribution is 2.29. The molecule has 0 saturated carbocycles. The topological polar surface area (TPSA) is 89.1 Å². The molecule has 0 atom stereocenters. The first-order chi connectivity index (χ1) is 10.8. The number of rotatable bonds is 2. The molecule has 2 aromatic heterocycles. The van der Waals surface area contributed by atoms with E-state index in [-0.39, 0.29) is 32.0 Å². The van der Waals surface area contributed by atoms with Gasteiger partial charge in [-0.25, -0.2) is 4.79 Å². The highest BCUT2D eigenvalue weighted by molar-refractivity contribution is 5.74. The lowest BCUT2D eigenvalue weighted by Gasteiger charge is -2.27. The van der Waals surface area contributed by atoms with E-state index in [1.807, 2.05) is 0 Å². The van der Waals surface area contributed by atoms with Gasteiger partial charge < -0.3 is 19.3 Å². The van der Waals surface area contributed by atoms with Crippen molar-refractivity contribution in [3.05, 3.63) is 29.2 Å². The summed E-state index contributed by atoms with van der Waals surface area (Å²) >= 11 is 0. The Balaban J connectivity index is 1.63. The van der Waals surface area contributed by atoms with Gasteiger partial charge in [0.15, 0.2) is 11.6 Å². The van der Waals surface area contributed by atoms with Gasteiger partial charge in [0.1, 0.15) is 0 Å². The zero-order valence-electron chi connectivity index (χ0n) is 12.1. The summed E-state index contributed by atoms with van der Waals surface area (Å²) in [5.74, 6) is -0.436. The van der Waals surface area contributed by atoms with Crippen LogP contribution >= 0.6 is 0 Å². The molecule has 23 heavy (non-hydrogen) atoms. The minimum Gasteiger partial charge on any atom is -0.359 e. The quantitative estimate of drug-likeness (QED) is 0.897. The first-order valence-corrected chi connectivity index (χ1v) is 6.79. The van der Waals surface area contributed by atoms with Gasteiger partial charge in [-0.05, 0) is 6.92 Å². The number of alkyl halides is 3. The lowest BCUT2D eigenvalue weighted by molar-refractivity contribution is -0.147. The fourth-order valence-corrected chi connectivity index (χ4v) is 2.31. The summed E-state index contributed by atoms with van der Waals surface area (Å²) in [5, 5.41) is 13.0. The standard InChI is InChI=1S/C12H13F3N6O2/c1-7-4-8(23-19-7)5-16-11(22)20-2-3-21-9(6-20)17-18-10(21)12(13,14)15/h4H,2-3,5-6H2,1H3,(H,16,22). The van der Waals surface area contributed by atoms with Crippen LogP contribution in [0.4, 0.5) is 18.0 Å². The largest absolute Gasteiger partial charge is 0.451 e. The molecule has 0 unspecified atom stereocenters. The minimum atomic E-state index is -4.56. The maximum atomic E-state index is 12.7. The van der Waals surface area contributed by atoms with Crippen LogP contribution in [0.3, 0.4) is 0 Å². The van der Waals surface area contributed by atoms with Crippen molar-refractivity contribution in [3.63, 3.8) is 0 Å². The molecule has 0 aliphatic carbocycles. The van der Waals surface area contributed by atoms with Crippen LogP contribution in [0.2, 0.25) is 0 Å². The Bertz CT molecular complexity index is 723. The summed E-state index contributed by atoms with van der Waals surface area (Å²) in [7, 11) is 0. The molecular formula is C12H13F3N6O2. The lowest BCUT2D eigenvalue weighted by Crippen LogP contribution is -2.44. The van der Waals surface area contributed by atoms with E-state index in [1.54, 1.807) is 13.0 Å². The van der Waals surface area contributed by atoms with Crippen molar-refractivity contribution in [1.29, 1.82) is 0 Å². The number of fused-ring (bicyclic) bond motifs is 1. The fraction of sp³-hybridized carbons (Fsp3) is 0.500. The first-order valence-electron chi connectivity index (χ1n) is 6.79. The number of halogens is 3. The molecular weight excluding hydrogens is 317 g/mol. The summed E-state index contributed by atoms with van der Waals surface area (Å²) < 4.78 is 44.2. The summed E-state index contributed by atoms with van der Waals surface area (Å²) in [4.78, 5) is 13.4. The third kappa shape index (κ3) is 3.12. The van der Waals surface area contributed by atoms with Crippen molar-refractivity contribution in [2.75, 3.05) is 6.54 Å². The number of amides is 2. The van der Waals surface area contributed by atoms with Gasteiger partial charge >= 0.3 is 12.2 Å². The average Bonchev–Trinajstić information content (AvgIpc) is 3.09. The van der Waals surface area contributed by atoms with Crippen molar-refractivity contribution < 1.29 is 22.5 Å². The predicted molar refractivity (Wildman–Crippen MR) is 68.9 cm³/mol. The molecule has 11 heteroatoms. The van der Waals surface area contributed by atoms with E-state index in [4.69, 9.17) is 4.52 Å². The van der Waals surface area contributed by atoms with Gasteiger partial charge in [-0.3, -0.25) is 0 Å². The number of aromatic nitrogens is 4. The molecule has 2 amide bonds. The number of carbonyl (C=O) groups excluding carboxylic acids is 1. The first kappa shape index (κ1) is 15.3. The second kappa shape index (κ2) is 5.56. The van der Waals surface area contributed by atoms with Crippen LogP contribution < -0.4 is 5.32 Å². The number of aryl methyl sites for hydroxylation is 1. The molecule has 1 aliphatic rings. The Morgan fingerprint density at radius 3 is 2.83 bits per heavy atom. The molecule has 2 aromatic rings. The van der Waals surface area contributed by atoms with Crippen LogP contribution in [0.5, 0.6) is 0 Å². The van der Waals surface area contributed by atoms with Gasteiger partial charge in [0.05, 0.1) is 18.8 Å². The molecule has 0 radical (unpaired) electrons. The Morgan fingerprint density at radius 1 is 1.39 bits per heavy atom. The Labute approximate surface area is 128 Å². The van der Waals surface area contributed by atoms with E-state index in [1.165, 1.54) is 4.90 Å². The Hall–Kier alpha value is -2.59. The van der Waals surface area contributed by atoms with E-state index in [2.05, 4.69) is 20.7 Å². The van der Waals surface area contributed by atoms with Crippen molar-refractivity contribution >= 4 is 6.03 Å². The SMILES string of the molecule is Cc1cc(CNC(=O)N2CCn3c(nnc3C(F)(F)F)C2)on1. The Kier molecular flexibility index (Phi) is 3.70. The molecule has 0 aromatic carbocycles. The molecule has 0 fully saturated rings. The van der Waals surface area contributed by atoms with Crippen molar-refractivity contribution in [2.24, 2.45) is 0 Å². The van der Waals surface area contributed by atoms with Crippen molar-refractivity contribution in [3.8, 4) is 0 Å². The predicted octanol–water partition coefficient (Wildman–Crippen LogP) is 1.32. The van der Waals surface area contributed by atoms with Gasteiger partial charge in [-0.15, -0.1) is 10.2 Å². The minimum absolute atomic E-state index is 0.00792. The number of urea groups is 1. The maximum Gasteiger partial charge on any atom is 0.451 e. The molecule has 3 heterocycles. The van der Waals surface area contributed by atoms with E-state index >= 15 is 0 Å². The molecule has 3 rings (SSSR count). The number of carbonyl (C=O) groups is 1. The summed E-state index contributed by atoms with van der Waals surface area (Å²) in [5.41, 5.74) is 0.694. The number of nitrogens with zero attached hydrogens (tertiary/aromatic N) is 5. The molecule has 1 N–H and O–H groups in total. The van der Waals surface area contributed by atoms with Gasteiger partial charge in [0.2, 0.25) is 5.82 Å². The molecule has 0 bridgehead atoms. The highest BCUT2D eigenvalue weighted by atomic mass is 19.4. The normalized spacial score (nSPS) is 14.7. The van der Waals surface area contributed by atoms with Gasteiger partial charge in [0, 0.05) is 19.2 Å². The van der Waals surface area contributed by atoms with Crippen molar-refractivity contribution in [1.82, 2.24) is 30.1 Å². The van der Waals surface area contributed by atoms with Crippen molar-refractivity contribution in [2.45, 2.75) is 32.7 Å². The molecule has 0 spiro atoms. The number of nitrogens with one attached hydrogen (secondary N) is 1. The van der Waals surface area contributed by atoms with Crippen LogP contribution in [0.1, 0.15) is 23.1 Å². The van der Waals surface area contributed by atoms with Crippen LogP contribution in [0, 0.1) is 6.92 Å². The molecule has 8 nitrogen and oxygen atoms in total. The van der Waals surface area contributed by atoms with Gasteiger partial charge in [0.25, 0.3) is 0 Å². The molecule has 0 saturated heterocycles. The second-order valence-electron chi connectivity index (χ2n) is 5.10. The van der Waals surface area contributed by atoms with Crippen LogP contribution in [0.25, 0.3) is 0 Å². The van der Waals surface area contributed by atoms with Gasteiger partial charge in [-0.2, -0.15) is 13.2 Å². The van der Waals surface area contributed by atoms with E-state index < -0.39 is 18.0 Å². The lowest BCUT2D eigenvalue weighted by atomic mass is 10.3. The third-order valence-electron chi connectivity index (χ3n) is 3.38. The van der Waals surface area contributed by atoms with E-state index in [9.17, 15) is 18.0 Å². The summed E-state index contributed by atoms with van der Waals surface area (Å²) in [6.07, 6.45) is -4.56. The average molecular weight is 330 g/mol. The highest BCUT2D eigenvalue weighted by Gasteiger charge is 2.39. The third-order valence-corrected chi connectivity index (χ3v) is 3.38. The smallest absolute Gasteiger partial charge is 0.359 e. The summed E-state index contributed by atoms with van der Waals surface area (Å²) in [6.45, 7) is 1.99. The maximum absolute atomic E-state index is 12.7. The van der Waals surface area contributed by atoms with Crippen LogP contribution in [-0.2, 0) is 25.8 Å². The Morgan fingerprint density at radius 2 is 2.17 bits per heavy atom. The van der Waals surface area contributed by atoms with Crippen LogP contribution in [-0.4, -0.2) is 37.4 Å². The zero-order valence-corrected chi connectivity index (χ0v) is 12.1.